The quantitative estimate of drug-likeness (QED) is 0.911. The molecule has 2 rings (SSSR count). The Balaban J connectivity index is 1.91. The van der Waals surface area contributed by atoms with E-state index in [0.717, 1.165) is 26.2 Å². The van der Waals surface area contributed by atoms with Crippen LogP contribution in [0.3, 0.4) is 0 Å². The third-order valence-corrected chi connectivity index (χ3v) is 3.72. The summed E-state index contributed by atoms with van der Waals surface area (Å²) >= 11 is 5.99. The fraction of sp³-hybridized carbons (Fsp3) is 0.500. The van der Waals surface area contributed by atoms with Gasteiger partial charge in [-0.3, -0.25) is 9.69 Å². The highest BCUT2D eigenvalue weighted by molar-refractivity contribution is 6.31. The molecule has 0 unspecified atom stereocenters. The second-order valence-corrected chi connectivity index (χ2v) is 5.41. The molecule has 0 bridgehead atoms. The Hall–Kier alpha value is -1.17. The van der Waals surface area contributed by atoms with Crippen molar-refractivity contribution in [2.75, 3.05) is 39.8 Å². The van der Waals surface area contributed by atoms with Gasteiger partial charge in [-0.05, 0) is 19.2 Å². The van der Waals surface area contributed by atoms with Crippen molar-refractivity contribution in [2.45, 2.75) is 6.54 Å². The molecule has 1 N–H and O–H groups in total. The maximum atomic E-state index is 13.7. The summed E-state index contributed by atoms with van der Waals surface area (Å²) in [6, 6.07) is 4.62. The standard InChI is InChI=1S/C14H19ClFN3O/c1-18(9-11-12(15)3-2-4-13(11)16)10-14(20)19-7-5-17-6-8-19/h2-4,17H,5-10H2,1H3. The molecule has 1 saturated heterocycles. The van der Waals surface area contributed by atoms with Crippen LogP contribution in [0.15, 0.2) is 18.2 Å². The van der Waals surface area contributed by atoms with E-state index in [2.05, 4.69) is 5.32 Å². The van der Waals surface area contributed by atoms with Gasteiger partial charge in [0, 0.05) is 43.3 Å². The first-order valence-electron chi connectivity index (χ1n) is 6.68. The third-order valence-electron chi connectivity index (χ3n) is 3.36. The number of hydrogen-bond donors (Lipinski definition) is 1. The van der Waals surface area contributed by atoms with E-state index < -0.39 is 0 Å². The van der Waals surface area contributed by atoms with Crippen LogP contribution in [-0.4, -0.2) is 55.5 Å². The first-order chi connectivity index (χ1) is 9.58. The average molecular weight is 300 g/mol. The number of rotatable bonds is 4. The number of nitrogens with one attached hydrogen (secondary N) is 1. The van der Waals surface area contributed by atoms with E-state index in [1.807, 2.05) is 4.90 Å². The molecule has 1 aromatic carbocycles. The van der Waals surface area contributed by atoms with Gasteiger partial charge in [-0.2, -0.15) is 0 Å². The fourth-order valence-electron chi connectivity index (χ4n) is 2.25. The van der Waals surface area contributed by atoms with Crippen LogP contribution in [0.4, 0.5) is 4.39 Å². The second-order valence-electron chi connectivity index (χ2n) is 5.00. The number of carbonyl (C=O) groups excluding carboxylic acids is 1. The summed E-state index contributed by atoms with van der Waals surface area (Å²) in [4.78, 5) is 15.7. The van der Waals surface area contributed by atoms with Crippen molar-refractivity contribution >= 4 is 17.5 Å². The number of halogens is 2. The number of hydrogen-bond acceptors (Lipinski definition) is 3. The van der Waals surface area contributed by atoms with Gasteiger partial charge >= 0.3 is 0 Å². The zero-order valence-electron chi connectivity index (χ0n) is 11.5. The number of amides is 1. The zero-order valence-corrected chi connectivity index (χ0v) is 12.3. The monoisotopic (exact) mass is 299 g/mol. The molecule has 4 nitrogen and oxygen atoms in total. The van der Waals surface area contributed by atoms with Crippen molar-refractivity contribution in [2.24, 2.45) is 0 Å². The van der Waals surface area contributed by atoms with Crippen LogP contribution in [0, 0.1) is 5.82 Å². The van der Waals surface area contributed by atoms with E-state index in [1.165, 1.54) is 6.07 Å². The van der Waals surface area contributed by atoms with Gasteiger partial charge in [0.05, 0.1) is 6.54 Å². The number of likely N-dealkylation sites (N-methyl/N-ethyl adjacent to an activating group) is 1. The fourth-order valence-corrected chi connectivity index (χ4v) is 2.48. The van der Waals surface area contributed by atoms with Crippen LogP contribution in [-0.2, 0) is 11.3 Å². The smallest absolute Gasteiger partial charge is 0.236 e. The van der Waals surface area contributed by atoms with Crippen LogP contribution in [0.25, 0.3) is 0 Å². The van der Waals surface area contributed by atoms with Crippen LogP contribution in [0.5, 0.6) is 0 Å². The second kappa shape index (κ2) is 7.02. The van der Waals surface area contributed by atoms with Gasteiger partial charge in [0.2, 0.25) is 5.91 Å². The van der Waals surface area contributed by atoms with Gasteiger partial charge in [0.15, 0.2) is 0 Å². The first kappa shape index (κ1) is 15.2. The van der Waals surface area contributed by atoms with Crippen molar-refractivity contribution in [3.8, 4) is 0 Å². The lowest BCUT2D eigenvalue weighted by Crippen LogP contribution is -2.49. The maximum Gasteiger partial charge on any atom is 0.236 e. The molecular weight excluding hydrogens is 281 g/mol. The summed E-state index contributed by atoms with van der Waals surface area (Å²) in [5.41, 5.74) is 0.435. The summed E-state index contributed by atoms with van der Waals surface area (Å²) in [6.45, 7) is 3.71. The molecule has 1 fully saturated rings. The van der Waals surface area contributed by atoms with Crippen LogP contribution in [0.2, 0.25) is 5.02 Å². The van der Waals surface area contributed by atoms with Crippen LogP contribution >= 0.6 is 11.6 Å². The minimum Gasteiger partial charge on any atom is -0.339 e. The van der Waals surface area contributed by atoms with Crippen molar-refractivity contribution in [3.63, 3.8) is 0 Å². The summed E-state index contributed by atoms with van der Waals surface area (Å²) in [7, 11) is 1.79. The molecule has 0 aromatic heterocycles. The molecule has 1 amide bonds. The Morgan fingerprint density at radius 3 is 2.80 bits per heavy atom. The molecule has 0 saturated carbocycles. The van der Waals surface area contributed by atoms with Crippen molar-refractivity contribution in [1.82, 2.24) is 15.1 Å². The van der Waals surface area contributed by atoms with Crippen molar-refractivity contribution in [3.05, 3.63) is 34.6 Å². The van der Waals surface area contributed by atoms with Gasteiger partial charge in [-0.1, -0.05) is 17.7 Å². The van der Waals surface area contributed by atoms with Crippen LogP contribution < -0.4 is 5.32 Å². The van der Waals surface area contributed by atoms with E-state index in [1.54, 1.807) is 24.1 Å². The lowest BCUT2D eigenvalue weighted by molar-refractivity contribution is -0.132. The highest BCUT2D eigenvalue weighted by atomic mass is 35.5. The molecule has 20 heavy (non-hydrogen) atoms. The molecule has 0 atom stereocenters. The summed E-state index contributed by atoms with van der Waals surface area (Å²) in [6.07, 6.45) is 0. The average Bonchev–Trinajstić information content (AvgIpc) is 2.44. The molecule has 1 heterocycles. The highest BCUT2D eigenvalue weighted by Crippen LogP contribution is 2.20. The van der Waals surface area contributed by atoms with Crippen molar-refractivity contribution < 1.29 is 9.18 Å². The van der Waals surface area contributed by atoms with Gasteiger partial charge in [-0.15, -0.1) is 0 Å². The molecule has 0 aliphatic carbocycles. The Morgan fingerprint density at radius 1 is 1.45 bits per heavy atom. The lowest BCUT2D eigenvalue weighted by Gasteiger charge is -2.29. The maximum absolute atomic E-state index is 13.7. The normalized spacial score (nSPS) is 15.7. The number of carbonyl (C=O) groups is 1. The van der Waals surface area contributed by atoms with Gasteiger partial charge < -0.3 is 10.2 Å². The Bertz CT molecular complexity index is 457. The minimum atomic E-state index is -0.334. The summed E-state index contributed by atoms with van der Waals surface area (Å²) < 4.78 is 13.7. The molecule has 0 spiro atoms. The molecule has 1 aromatic rings. The molecule has 1 aliphatic rings. The summed E-state index contributed by atoms with van der Waals surface area (Å²) in [5.74, 6) is -0.263. The summed E-state index contributed by atoms with van der Waals surface area (Å²) in [5, 5.41) is 3.60. The SMILES string of the molecule is CN(CC(=O)N1CCNCC1)Cc1c(F)cccc1Cl. The van der Waals surface area contributed by atoms with Crippen molar-refractivity contribution in [1.29, 1.82) is 0 Å². The van der Waals surface area contributed by atoms with E-state index in [0.29, 0.717) is 17.1 Å². The van der Waals surface area contributed by atoms with E-state index in [-0.39, 0.29) is 18.3 Å². The zero-order chi connectivity index (χ0) is 14.5. The third kappa shape index (κ3) is 3.91. The topological polar surface area (TPSA) is 35.6 Å². The molecule has 6 heteroatoms. The molecule has 110 valence electrons. The number of benzene rings is 1. The molecule has 0 radical (unpaired) electrons. The Labute approximate surface area is 123 Å². The first-order valence-corrected chi connectivity index (χ1v) is 7.05. The predicted molar refractivity (Wildman–Crippen MR) is 77.2 cm³/mol. The number of piperazine rings is 1. The van der Waals surface area contributed by atoms with E-state index in [9.17, 15) is 9.18 Å². The van der Waals surface area contributed by atoms with Crippen LogP contribution in [0.1, 0.15) is 5.56 Å². The minimum absolute atomic E-state index is 0.0708. The van der Waals surface area contributed by atoms with Gasteiger partial charge in [0.1, 0.15) is 5.82 Å². The Kier molecular flexibility index (Phi) is 5.34. The Morgan fingerprint density at radius 2 is 2.15 bits per heavy atom. The van der Waals surface area contributed by atoms with E-state index in [4.69, 9.17) is 11.6 Å². The highest BCUT2D eigenvalue weighted by Gasteiger charge is 2.18. The lowest BCUT2D eigenvalue weighted by atomic mass is 10.2. The molecular formula is C14H19ClFN3O. The van der Waals surface area contributed by atoms with Gasteiger partial charge in [0.25, 0.3) is 0 Å². The van der Waals surface area contributed by atoms with E-state index >= 15 is 0 Å². The number of nitrogens with zero attached hydrogens (tertiary/aromatic N) is 2. The molecule has 1 aliphatic heterocycles. The predicted octanol–water partition coefficient (Wildman–Crippen LogP) is 1.34. The largest absolute Gasteiger partial charge is 0.339 e. The van der Waals surface area contributed by atoms with Gasteiger partial charge in [-0.25, -0.2) is 4.39 Å².